The van der Waals surface area contributed by atoms with E-state index in [1.165, 1.54) is 0 Å². The Bertz CT molecular complexity index is 640. The third-order valence-corrected chi connectivity index (χ3v) is 2.91. The molecule has 0 amide bonds. The molecule has 0 N–H and O–H groups in total. The first kappa shape index (κ1) is 14.8. The van der Waals surface area contributed by atoms with Crippen LogP contribution in [0, 0.1) is 6.92 Å². The second-order valence-corrected chi connectivity index (χ2v) is 4.46. The summed E-state index contributed by atoms with van der Waals surface area (Å²) in [5.41, 5.74) is 2.12. The maximum atomic E-state index is 10.8. The summed E-state index contributed by atoms with van der Waals surface area (Å²) >= 11 is 0. The van der Waals surface area contributed by atoms with Crippen LogP contribution in [0.25, 0.3) is 0 Å². The molecule has 0 spiro atoms. The van der Waals surface area contributed by atoms with Crippen LogP contribution in [-0.2, 0) is 6.61 Å². The summed E-state index contributed by atoms with van der Waals surface area (Å²) in [4.78, 5) is 15.2. The number of rotatable bonds is 6. The van der Waals surface area contributed by atoms with Gasteiger partial charge < -0.3 is 14.2 Å². The first-order chi connectivity index (χ1) is 10.2. The summed E-state index contributed by atoms with van der Waals surface area (Å²) in [6.07, 6.45) is 0.764. The average Bonchev–Trinajstić information content (AvgIpc) is 2.51. The van der Waals surface area contributed by atoms with Crippen molar-refractivity contribution in [2.45, 2.75) is 13.5 Å². The number of carbonyl (C=O) groups is 1. The molecule has 1 aromatic carbocycles. The Morgan fingerprint density at radius 3 is 2.57 bits per heavy atom. The minimum atomic E-state index is 0.261. The molecule has 110 valence electrons. The molecular formula is C16H17NO4. The van der Waals surface area contributed by atoms with E-state index in [1.807, 2.05) is 19.1 Å². The summed E-state index contributed by atoms with van der Waals surface area (Å²) < 4.78 is 16.1. The second-order valence-electron chi connectivity index (χ2n) is 4.46. The topological polar surface area (TPSA) is 57.7 Å². The molecule has 0 saturated carbocycles. The third kappa shape index (κ3) is 3.72. The quantitative estimate of drug-likeness (QED) is 0.765. The van der Waals surface area contributed by atoms with Crippen molar-refractivity contribution < 1.29 is 19.0 Å². The molecule has 0 bridgehead atoms. The zero-order valence-electron chi connectivity index (χ0n) is 12.3. The van der Waals surface area contributed by atoms with Crippen molar-refractivity contribution in [1.82, 2.24) is 4.98 Å². The minimum Gasteiger partial charge on any atom is -0.497 e. The largest absolute Gasteiger partial charge is 0.497 e. The first-order valence-corrected chi connectivity index (χ1v) is 6.44. The second kappa shape index (κ2) is 6.74. The summed E-state index contributed by atoms with van der Waals surface area (Å²) in [5.74, 6) is 1.80. The molecule has 5 nitrogen and oxygen atoms in total. The SMILES string of the molecule is COc1cc(C)nc(COc2cc(C=O)ccc2OC)c1. The highest BCUT2D eigenvalue weighted by Crippen LogP contribution is 2.28. The van der Waals surface area contributed by atoms with Gasteiger partial charge in [-0.25, -0.2) is 0 Å². The number of ether oxygens (including phenoxy) is 3. The van der Waals surface area contributed by atoms with Gasteiger partial charge in [-0.3, -0.25) is 9.78 Å². The van der Waals surface area contributed by atoms with E-state index >= 15 is 0 Å². The zero-order valence-corrected chi connectivity index (χ0v) is 12.3. The van der Waals surface area contributed by atoms with Crippen LogP contribution in [0.15, 0.2) is 30.3 Å². The number of methoxy groups -OCH3 is 2. The molecule has 0 aliphatic carbocycles. The van der Waals surface area contributed by atoms with E-state index < -0.39 is 0 Å². The van der Waals surface area contributed by atoms with Gasteiger partial charge in [0.1, 0.15) is 18.6 Å². The van der Waals surface area contributed by atoms with E-state index in [2.05, 4.69) is 4.98 Å². The van der Waals surface area contributed by atoms with Crippen molar-refractivity contribution in [1.29, 1.82) is 0 Å². The minimum absolute atomic E-state index is 0.261. The van der Waals surface area contributed by atoms with Gasteiger partial charge in [-0.15, -0.1) is 0 Å². The number of nitrogens with zero attached hydrogens (tertiary/aromatic N) is 1. The monoisotopic (exact) mass is 287 g/mol. The number of aromatic nitrogens is 1. The fraction of sp³-hybridized carbons (Fsp3) is 0.250. The van der Waals surface area contributed by atoms with Crippen molar-refractivity contribution in [3.63, 3.8) is 0 Å². The molecule has 0 fully saturated rings. The molecule has 0 saturated heterocycles. The maximum Gasteiger partial charge on any atom is 0.162 e. The predicted octanol–water partition coefficient (Wildman–Crippen LogP) is 2.80. The van der Waals surface area contributed by atoms with Crippen LogP contribution in [-0.4, -0.2) is 25.5 Å². The van der Waals surface area contributed by atoms with E-state index in [9.17, 15) is 4.79 Å². The molecule has 2 aromatic rings. The smallest absolute Gasteiger partial charge is 0.162 e. The lowest BCUT2D eigenvalue weighted by Crippen LogP contribution is -2.02. The van der Waals surface area contributed by atoms with Gasteiger partial charge in [0.05, 0.1) is 19.9 Å². The number of aryl methyl sites for hydroxylation is 1. The van der Waals surface area contributed by atoms with Gasteiger partial charge in [0.15, 0.2) is 11.5 Å². The first-order valence-electron chi connectivity index (χ1n) is 6.44. The van der Waals surface area contributed by atoms with Crippen LogP contribution in [0.3, 0.4) is 0 Å². The lowest BCUT2D eigenvalue weighted by molar-refractivity contribution is 0.112. The molecule has 0 radical (unpaired) electrons. The highest BCUT2D eigenvalue weighted by Gasteiger charge is 2.07. The Morgan fingerprint density at radius 2 is 1.90 bits per heavy atom. The van der Waals surface area contributed by atoms with Gasteiger partial charge in [-0.2, -0.15) is 0 Å². The number of hydrogen-bond acceptors (Lipinski definition) is 5. The van der Waals surface area contributed by atoms with Crippen molar-refractivity contribution in [2.24, 2.45) is 0 Å². The van der Waals surface area contributed by atoms with Crippen LogP contribution >= 0.6 is 0 Å². The Hall–Kier alpha value is -2.56. The van der Waals surface area contributed by atoms with Crippen LogP contribution in [0.4, 0.5) is 0 Å². The summed E-state index contributed by atoms with van der Waals surface area (Å²) in [6.45, 7) is 2.15. The van der Waals surface area contributed by atoms with Crippen LogP contribution in [0.2, 0.25) is 0 Å². The van der Waals surface area contributed by atoms with Gasteiger partial charge in [-0.05, 0) is 25.1 Å². The number of carbonyl (C=O) groups excluding carboxylic acids is 1. The van der Waals surface area contributed by atoms with E-state index in [4.69, 9.17) is 14.2 Å². The van der Waals surface area contributed by atoms with Crippen molar-refractivity contribution in [2.75, 3.05) is 14.2 Å². The fourth-order valence-electron chi connectivity index (χ4n) is 1.93. The number of hydrogen-bond donors (Lipinski definition) is 0. The molecule has 21 heavy (non-hydrogen) atoms. The molecule has 0 atom stereocenters. The van der Waals surface area contributed by atoms with E-state index in [1.54, 1.807) is 32.4 Å². The van der Waals surface area contributed by atoms with E-state index in [0.29, 0.717) is 17.1 Å². The average molecular weight is 287 g/mol. The molecule has 0 aliphatic heterocycles. The zero-order chi connectivity index (χ0) is 15.2. The van der Waals surface area contributed by atoms with Gasteiger partial charge >= 0.3 is 0 Å². The fourth-order valence-corrected chi connectivity index (χ4v) is 1.93. The van der Waals surface area contributed by atoms with Crippen molar-refractivity contribution in [3.8, 4) is 17.2 Å². The molecule has 1 aromatic heterocycles. The molecule has 2 rings (SSSR count). The van der Waals surface area contributed by atoms with Gasteiger partial charge in [0.2, 0.25) is 0 Å². The van der Waals surface area contributed by atoms with Gasteiger partial charge in [-0.1, -0.05) is 0 Å². The van der Waals surface area contributed by atoms with Crippen molar-refractivity contribution >= 4 is 6.29 Å². The van der Waals surface area contributed by atoms with Crippen LogP contribution < -0.4 is 14.2 Å². The van der Waals surface area contributed by atoms with Crippen LogP contribution in [0.5, 0.6) is 17.2 Å². The van der Waals surface area contributed by atoms with Crippen molar-refractivity contribution in [3.05, 3.63) is 47.3 Å². The lowest BCUT2D eigenvalue weighted by Gasteiger charge is -2.11. The predicted molar refractivity (Wildman–Crippen MR) is 78.2 cm³/mol. The number of pyridine rings is 1. The highest BCUT2D eigenvalue weighted by molar-refractivity contribution is 5.76. The Kier molecular flexibility index (Phi) is 4.77. The lowest BCUT2D eigenvalue weighted by atomic mass is 10.2. The molecule has 1 heterocycles. The van der Waals surface area contributed by atoms with E-state index in [0.717, 1.165) is 23.4 Å². The summed E-state index contributed by atoms with van der Waals surface area (Å²) in [6, 6.07) is 8.66. The van der Waals surface area contributed by atoms with Gasteiger partial charge in [0.25, 0.3) is 0 Å². The Balaban J connectivity index is 2.19. The third-order valence-electron chi connectivity index (χ3n) is 2.91. The number of benzene rings is 1. The standard InChI is InChI=1S/C16H17NO4/c1-11-6-14(19-2)8-13(17-11)10-21-16-7-12(9-18)4-5-15(16)20-3/h4-9H,10H2,1-3H3. The number of aldehydes is 1. The Labute approximate surface area is 123 Å². The molecule has 0 unspecified atom stereocenters. The molecule has 0 aliphatic rings. The summed E-state index contributed by atoms with van der Waals surface area (Å²) in [5, 5.41) is 0. The van der Waals surface area contributed by atoms with Crippen LogP contribution in [0.1, 0.15) is 21.7 Å². The summed E-state index contributed by atoms with van der Waals surface area (Å²) in [7, 11) is 3.16. The van der Waals surface area contributed by atoms with E-state index in [-0.39, 0.29) is 6.61 Å². The molecule has 5 heteroatoms. The normalized spacial score (nSPS) is 10.0. The Morgan fingerprint density at radius 1 is 1.10 bits per heavy atom. The maximum absolute atomic E-state index is 10.8. The van der Waals surface area contributed by atoms with Gasteiger partial charge in [0, 0.05) is 23.4 Å². The highest BCUT2D eigenvalue weighted by atomic mass is 16.5. The molecular weight excluding hydrogens is 270 g/mol.